The molecule has 164 valence electrons. The number of fused-ring (bicyclic) bond motifs is 1. The van der Waals surface area contributed by atoms with Gasteiger partial charge in [0.25, 0.3) is 11.8 Å². The third kappa shape index (κ3) is 4.35. The van der Waals surface area contributed by atoms with Crippen molar-refractivity contribution in [2.75, 3.05) is 5.32 Å². The Bertz CT molecular complexity index is 1190. The van der Waals surface area contributed by atoms with Crippen LogP contribution in [-0.2, 0) is 12.8 Å². The summed E-state index contributed by atoms with van der Waals surface area (Å²) in [6.45, 7) is 5.89. The van der Waals surface area contributed by atoms with Gasteiger partial charge in [0.15, 0.2) is 5.76 Å². The summed E-state index contributed by atoms with van der Waals surface area (Å²) in [7, 11) is 0. The molecule has 0 radical (unpaired) electrons. The molecule has 1 aromatic heterocycles. The van der Waals surface area contributed by atoms with E-state index in [-0.39, 0.29) is 11.8 Å². The van der Waals surface area contributed by atoms with Gasteiger partial charge in [-0.3, -0.25) is 9.59 Å². The zero-order chi connectivity index (χ0) is 22.7. The number of nitrogens with zero attached hydrogens (tertiary/aromatic N) is 1. The van der Waals surface area contributed by atoms with Crippen LogP contribution in [-0.4, -0.2) is 17.5 Å². The number of aryl methyl sites for hydroxylation is 3. The lowest BCUT2D eigenvalue weighted by atomic mass is 9.93. The fraction of sp³-hybridized carbons (Fsp3) is 0.269. The average molecular weight is 430 g/mol. The zero-order valence-corrected chi connectivity index (χ0v) is 18.6. The molecule has 2 N–H and O–H groups in total. The molecule has 1 heterocycles. The number of amides is 2. The summed E-state index contributed by atoms with van der Waals surface area (Å²) in [6.07, 6.45) is 3.11. The Balaban J connectivity index is 1.57. The van der Waals surface area contributed by atoms with E-state index in [1.54, 1.807) is 12.1 Å². The second-order valence-corrected chi connectivity index (χ2v) is 8.04. The van der Waals surface area contributed by atoms with E-state index in [0.29, 0.717) is 17.7 Å². The summed E-state index contributed by atoms with van der Waals surface area (Å²) in [4.78, 5) is 25.5. The number of benzene rings is 2. The average Bonchev–Trinajstić information content (AvgIpc) is 3.15. The maximum absolute atomic E-state index is 13.0. The Morgan fingerprint density at radius 1 is 1.00 bits per heavy atom. The van der Waals surface area contributed by atoms with Gasteiger partial charge in [0, 0.05) is 28.8 Å². The minimum absolute atomic E-state index is 0.264. The number of anilines is 1. The highest BCUT2D eigenvalue weighted by molar-refractivity contribution is 6.09. The van der Waals surface area contributed by atoms with Crippen LogP contribution in [0, 0.1) is 13.8 Å². The Morgan fingerprint density at radius 2 is 1.75 bits per heavy atom. The molecule has 0 bridgehead atoms. The van der Waals surface area contributed by atoms with Crippen molar-refractivity contribution in [1.29, 1.82) is 0 Å². The maximum Gasteiger partial charge on any atom is 0.291 e. The number of rotatable bonds is 5. The van der Waals surface area contributed by atoms with E-state index in [1.807, 2.05) is 50.2 Å². The minimum atomic E-state index is -0.277. The molecule has 0 spiro atoms. The fourth-order valence-electron chi connectivity index (χ4n) is 4.01. The first-order valence-corrected chi connectivity index (χ1v) is 10.9. The highest BCUT2D eigenvalue weighted by Gasteiger charge is 2.28. The second-order valence-electron chi connectivity index (χ2n) is 8.04. The molecular weight excluding hydrogens is 402 g/mol. The molecular formula is C26H27N3O3. The molecule has 1 aliphatic rings. The number of hydrogen-bond donors (Lipinski definition) is 2. The highest BCUT2D eigenvalue weighted by atomic mass is 16.4. The van der Waals surface area contributed by atoms with Crippen LogP contribution in [0.15, 0.2) is 58.0 Å². The molecule has 0 aliphatic heterocycles. The Kier molecular flexibility index (Phi) is 6.21. The van der Waals surface area contributed by atoms with Crippen molar-refractivity contribution in [3.63, 3.8) is 0 Å². The summed E-state index contributed by atoms with van der Waals surface area (Å²) in [5.41, 5.74) is 8.46. The summed E-state index contributed by atoms with van der Waals surface area (Å²) < 4.78 is 5.97. The minimum Gasteiger partial charge on any atom is -0.455 e. The lowest BCUT2D eigenvalue weighted by molar-refractivity contribution is 0.0953. The van der Waals surface area contributed by atoms with Gasteiger partial charge < -0.3 is 9.73 Å². The number of para-hydroxylation sites is 1. The molecule has 1 aliphatic carbocycles. The first kappa shape index (κ1) is 21.6. The maximum atomic E-state index is 13.0. The van der Waals surface area contributed by atoms with Gasteiger partial charge in [0.1, 0.15) is 5.76 Å². The summed E-state index contributed by atoms with van der Waals surface area (Å²) in [5.74, 6) is 0.493. The number of hydrazone groups is 1. The normalized spacial score (nSPS) is 14.2. The summed E-state index contributed by atoms with van der Waals surface area (Å²) in [5, 5.41) is 7.37. The molecule has 0 unspecified atom stereocenters. The molecule has 0 atom stereocenters. The molecule has 0 saturated heterocycles. The third-order valence-electron chi connectivity index (χ3n) is 5.78. The lowest BCUT2D eigenvalue weighted by Crippen LogP contribution is -2.22. The van der Waals surface area contributed by atoms with Crippen LogP contribution in [0.1, 0.15) is 68.7 Å². The first-order chi connectivity index (χ1) is 15.5. The van der Waals surface area contributed by atoms with Gasteiger partial charge in [0.2, 0.25) is 0 Å². The fourth-order valence-corrected chi connectivity index (χ4v) is 4.01. The lowest BCUT2D eigenvalue weighted by Gasteiger charge is -2.13. The van der Waals surface area contributed by atoms with Crippen LogP contribution in [0.4, 0.5) is 5.69 Å². The summed E-state index contributed by atoms with van der Waals surface area (Å²) >= 11 is 0. The van der Waals surface area contributed by atoms with Gasteiger partial charge >= 0.3 is 0 Å². The SMILES string of the molecule is CCc1ccccc1NC(=O)c1oc2c(c1C)/C(=N/NC(=O)c1ccc(C)cc1)CCC2. The molecule has 32 heavy (non-hydrogen) atoms. The van der Waals surface area contributed by atoms with Gasteiger partial charge in [-0.2, -0.15) is 5.10 Å². The predicted molar refractivity (Wildman–Crippen MR) is 125 cm³/mol. The van der Waals surface area contributed by atoms with Gasteiger partial charge in [-0.1, -0.05) is 42.8 Å². The molecule has 0 saturated carbocycles. The van der Waals surface area contributed by atoms with E-state index in [9.17, 15) is 9.59 Å². The van der Waals surface area contributed by atoms with E-state index in [1.165, 1.54) is 0 Å². The van der Waals surface area contributed by atoms with Gasteiger partial charge in [0.05, 0.1) is 5.71 Å². The number of carbonyl (C=O) groups is 2. The second kappa shape index (κ2) is 9.22. The highest BCUT2D eigenvalue weighted by Crippen LogP contribution is 2.30. The van der Waals surface area contributed by atoms with Gasteiger partial charge in [-0.15, -0.1) is 0 Å². The smallest absolute Gasteiger partial charge is 0.291 e. The third-order valence-corrected chi connectivity index (χ3v) is 5.78. The number of furan rings is 1. The van der Waals surface area contributed by atoms with E-state index in [4.69, 9.17) is 4.42 Å². The van der Waals surface area contributed by atoms with Crippen LogP contribution >= 0.6 is 0 Å². The largest absolute Gasteiger partial charge is 0.455 e. The number of nitrogens with one attached hydrogen (secondary N) is 2. The Morgan fingerprint density at radius 3 is 2.50 bits per heavy atom. The monoisotopic (exact) mass is 429 g/mol. The van der Waals surface area contributed by atoms with Crippen molar-refractivity contribution in [2.45, 2.75) is 46.5 Å². The van der Waals surface area contributed by atoms with E-state index in [0.717, 1.165) is 58.7 Å². The van der Waals surface area contributed by atoms with Crippen molar-refractivity contribution in [3.05, 3.63) is 87.9 Å². The quantitative estimate of drug-likeness (QED) is 0.548. The van der Waals surface area contributed by atoms with Gasteiger partial charge in [-0.05, 0) is 56.9 Å². The first-order valence-electron chi connectivity index (χ1n) is 10.9. The predicted octanol–water partition coefficient (Wildman–Crippen LogP) is 5.18. The van der Waals surface area contributed by atoms with Crippen molar-refractivity contribution < 1.29 is 14.0 Å². The van der Waals surface area contributed by atoms with Gasteiger partial charge in [-0.25, -0.2) is 5.43 Å². The van der Waals surface area contributed by atoms with E-state index in [2.05, 4.69) is 22.8 Å². The van der Waals surface area contributed by atoms with Crippen molar-refractivity contribution in [1.82, 2.24) is 5.43 Å². The molecule has 2 amide bonds. The zero-order valence-electron chi connectivity index (χ0n) is 18.6. The van der Waals surface area contributed by atoms with Crippen LogP contribution in [0.25, 0.3) is 0 Å². The Hall–Kier alpha value is -3.67. The molecule has 3 aromatic rings. The molecule has 6 nitrogen and oxygen atoms in total. The standard InChI is InChI=1S/C26H27N3O3/c1-4-18-8-5-6-9-20(18)27-26(31)24-17(3)23-21(10-7-11-22(23)32-24)28-29-25(30)19-14-12-16(2)13-15-19/h5-6,8-9,12-15H,4,7,10-11H2,1-3H3,(H,27,31)(H,29,30)/b28-21+. The topological polar surface area (TPSA) is 83.7 Å². The summed E-state index contributed by atoms with van der Waals surface area (Å²) in [6, 6.07) is 15.1. The Labute approximate surface area is 187 Å². The molecule has 0 fully saturated rings. The number of carbonyl (C=O) groups excluding carboxylic acids is 2. The van der Waals surface area contributed by atoms with Crippen molar-refractivity contribution in [3.8, 4) is 0 Å². The van der Waals surface area contributed by atoms with Crippen molar-refractivity contribution in [2.24, 2.45) is 5.10 Å². The van der Waals surface area contributed by atoms with E-state index < -0.39 is 0 Å². The van der Waals surface area contributed by atoms with Crippen molar-refractivity contribution >= 4 is 23.2 Å². The van der Waals surface area contributed by atoms with Crippen LogP contribution in [0.2, 0.25) is 0 Å². The van der Waals surface area contributed by atoms with Crippen LogP contribution in [0.5, 0.6) is 0 Å². The van der Waals surface area contributed by atoms with E-state index >= 15 is 0 Å². The molecule has 6 heteroatoms. The molecule has 2 aromatic carbocycles. The molecule has 4 rings (SSSR count). The van der Waals surface area contributed by atoms with Crippen LogP contribution in [0.3, 0.4) is 0 Å². The van der Waals surface area contributed by atoms with Crippen LogP contribution < -0.4 is 10.7 Å². The number of hydrogen-bond acceptors (Lipinski definition) is 4.